The molecule has 0 saturated heterocycles. The van der Waals surface area contributed by atoms with Crippen LogP contribution in [0.1, 0.15) is 6.42 Å². The van der Waals surface area contributed by atoms with Gasteiger partial charge < -0.3 is 5.32 Å². The molecule has 5 nitrogen and oxygen atoms in total. The number of halogens is 2. The van der Waals surface area contributed by atoms with Crippen molar-refractivity contribution in [3.8, 4) is 22.5 Å². The predicted octanol–water partition coefficient (Wildman–Crippen LogP) is 6.63. The van der Waals surface area contributed by atoms with Gasteiger partial charge in [-0.25, -0.2) is 4.98 Å². The van der Waals surface area contributed by atoms with Gasteiger partial charge in [0.05, 0.1) is 10.7 Å². The molecule has 0 aliphatic carbocycles. The second-order valence-corrected chi connectivity index (χ2v) is 8.70. The van der Waals surface area contributed by atoms with Crippen LogP contribution in [0.5, 0.6) is 0 Å². The van der Waals surface area contributed by atoms with E-state index in [1.165, 1.54) is 11.8 Å². The van der Waals surface area contributed by atoms with E-state index >= 15 is 0 Å². The zero-order valence-electron chi connectivity index (χ0n) is 16.8. The Morgan fingerprint density at radius 3 is 2.16 bits per heavy atom. The van der Waals surface area contributed by atoms with Gasteiger partial charge in [-0.3, -0.25) is 4.79 Å². The van der Waals surface area contributed by atoms with Crippen LogP contribution in [0.4, 0.5) is 5.69 Å². The van der Waals surface area contributed by atoms with E-state index in [0.29, 0.717) is 26.6 Å². The Kier molecular flexibility index (Phi) is 7.37. The lowest BCUT2D eigenvalue weighted by Crippen LogP contribution is -2.12. The Balaban J connectivity index is 1.46. The Labute approximate surface area is 200 Å². The van der Waals surface area contributed by atoms with Crippen LogP contribution in [0.15, 0.2) is 84.0 Å². The number of benzene rings is 3. The molecule has 0 bridgehead atoms. The van der Waals surface area contributed by atoms with Crippen LogP contribution in [-0.2, 0) is 4.79 Å². The maximum atomic E-state index is 12.3. The lowest BCUT2D eigenvalue weighted by atomic mass is 10.0. The van der Waals surface area contributed by atoms with Gasteiger partial charge in [-0.1, -0.05) is 95.6 Å². The molecule has 160 valence electrons. The molecule has 1 N–H and O–H groups in total. The third-order valence-electron chi connectivity index (χ3n) is 4.53. The number of amides is 1. The summed E-state index contributed by atoms with van der Waals surface area (Å²) in [5.74, 6) is 0.344. The molecule has 0 aliphatic heterocycles. The van der Waals surface area contributed by atoms with Gasteiger partial charge >= 0.3 is 0 Å². The molecule has 0 saturated carbocycles. The molecular weight excluding hydrogens is 463 g/mol. The van der Waals surface area contributed by atoms with Gasteiger partial charge in [-0.15, -0.1) is 10.2 Å². The minimum absolute atomic E-state index is 0.154. The molecule has 0 radical (unpaired) electrons. The number of hydrogen-bond donors (Lipinski definition) is 1. The molecule has 32 heavy (non-hydrogen) atoms. The topological polar surface area (TPSA) is 67.8 Å². The maximum absolute atomic E-state index is 12.3. The molecule has 4 rings (SSSR count). The molecule has 8 heteroatoms. The van der Waals surface area contributed by atoms with Crippen molar-refractivity contribution in [2.24, 2.45) is 0 Å². The second-order valence-electron chi connectivity index (χ2n) is 6.79. The van der Waals surface area contributed by atoms with Gasteiger partial charge in [0.25, 0.3) is 0 Å². The minimum Gasteiger partial charge on any atom is -0.325 e. The van der Waals surface area contributed by atoms with E-state index in [0.717, 1.165) is 22.5 Å². The number of hydrogen-bond acceptors (Lipinski definition) is 5. The first-order valence-electron chi connectivity index (χ1n) is 9.83. The Bertz CT molecular complexity index is 1220. The number of nitrogens with zero attached hydrogens (tertiary/aromatic N) is 3. The summed E-state index contributed by atoms with van der Waals surface area (Å²) in [7, 11) is 0. The summed E-state index contributed by atoms with van der Waals surface area (Å²) in [6.45, 7) is 0. The van der Waals surface area contributed by atoms with Crippen molar-refractivity contribution in [3.63, 3.8) is 0 Å². The molecule has 0 aliphatic rings. The highest BCUT2D eigenvalue weighted by molar-refractivity contribution is 7.99. The van der Waals surface area contributed by atoms with E-state index in [-0.39, 0.29) is 12.3 Å². The first-order chi connectivity index (χ1) is 15.6. The van der Waals surface area contributed by atoms with Crippen LogP contribution in [0.2, 0.25) is 10.0 Å². The van der Waals surface area contributed by atoms with Crippen molar-refractivity contribution in [1.29, 1.82) is 0 Å². The summed E-state index contributed by atoms with van der Waals surface area (Å²) in [5.41, 5.74) is 3.91. The first kappa shape index (κ1) is 22.3. The lowest BCUT2D eigenvalue weighted by molar-refractivity contribution is -0.115. The Hall–Kier alpha value is -2.93. The van der Waals surface area contributed by atoms with Gasteiger partial charge in [-0.2, -0.15) is 0 Å². The molecule has 3 aromatic carbocycles. The highest BCUT2D eigenvalue weighted by Crippen LogP contribution is 2.30. The van der Waals surface area contributed by atoms with Crippen LogP contribution in [0.3, 0.4) is 0 Å². The van der Waals surface area contributed by atoms with Crippen molar-refractivity contribution in [1.82, 2.24) is 15.2 Å². The highest BCUT2D eigenvalue weighted by Gasteiger charge is 2.14. The fourth-order valence-corrected chi connectivity index (χ4v) is 4.18. The summed E-state index contributed by atoms with van der Waals surface area (Å²) in [5, 5.41) is 12.9. The molecule has 0 spiro atoms. The summed E-state index contributed by atoms with van der Waals surface area (Å²) in [4.78, 5) is 17.0. The van der Waals surface area contributed by atoms with Crippen LogP contribution in [0.25, 0.3) is 22.5 Å². The van der Waals surface area contributed by atoms with E-state index in [1.807, 2.05) is 60.7 Å². The van der Waals surface area contributed by atoms with Crippen LogP contribution in [-0.4, -0.2) is 26.8 Å². The smallest absolute Gasteiger partial charge is 0.225 e. The van der Waals surface area contributed by atoms with Gasteiger partial charge in [0, 0.05) is 28.3 Å². The number of anilines is 1. The zero-order chi connectivity index (χ0) is 22.3. The zero-order valence-corrected chi connectivity index (χ0v) is 19.2. The van der Waals surface area contributed by atoms with Crippen LogP contribution in [0, 0.1) is 0 Å². The number of aromatic nitrogens is 3. The van der Waals surface area contributed by atoms with E-state index in [9.17, 15) is 4.79 Å². The van der Waals surface area contributed by atoms with E-state index in [4.69, 9.17) is 28.2 Å². The fraction of sp³-hybridized carbons (Fsp3) is 0.0833. The molecule has 4 aromatic rings. The van der Waals surface area contributed by atoms with Crippen molar-refractivity contribution >= 4 is 46.6 Å². The summed E-state index contributed by atoms with van der Waals surface area (Å²) >= 11 is 13.4. The third kappa shape index (κ3) is 5.65. The van der Waals surface area contributed by atoms with E-state index in [2.05, 4.69) is 15.5 Å². The number of rotatable bonds is 7. The second kappa shape index (κ2) is 10.6. The molecule has 1 aromatic heterocycles. The van der Waals surface area contributed by atoms with Gasteiger partial charge in [0.1, 0.15) is 11.4 Å². The van der Waals surface area contributed by atoms with Crippen molar-refractivity contribution in [2.45, 2.75) is 11.6 Å². The van der Waals surface area contributed by atoms with Crippen LogP contribution < -0.4 is 5.32 Å². The molecule has 0 fully saturated rings. The SMILES string of the molecule is O=C(CCSc1nnc(-c2ccccc2)c(-c2ccccc2)n1)Nc1ccc(Cl)cc1Cl. The fourth-order valence-electron chi connectivity index (χ4n) is 3.00. The summed E-state index contributed by atoms with van der Waals surface area (Å²) in [6, 6.07) is 24.7. The largest absolute Gasteiger partial charge is 0.325 e. The summed E-state index contributed by atoms with van der Waals surface area (Å²) < 4.78 is 0. The number of carbonyl (C=O) groups is 1. The van der Waals surface area contributed by atoms with Gasteiger partial charge in [-0.05, 0) is 18.2 Å². The minimum atomic E-state index is -0.154. The molecule has 1 amide bonds. The van der Waals surface area contributed by atoms with E-state index in [1.54, 1.807) is 18.2 Å². The summed E-state index contributed by atoms with van der Waals surface area (Å²) in [6.07, 6.45) is 0.272. The average molecular weight is 481 g/mol. The Morgan fingerprint density at radius 1 is 0.844 bits per heavy atom. The molecular formula is C24H18Cl2N4OS. The van der Waals surface area contributed by atoms with Crippen molar-refractivity contribution < 1.29 is 4.79 Å². The third-order valence-corrected chi connectivity index (χ3v) is 5.91. The van der Waals surface area contributed by atoms with E-state index < -0.39 is 0 Å². The number of nitrogens with one attached hydrogen (secondary N) is 1. The van der Waals surface area contributed by atoms with Crippen molar-refractivity contribution in [2.75, 3.05) is 11.1 Å². The first-order valence-corrected chi connectivity index (χ1v) is 11.6. The number of carbonyl (C=O) groups excluding carboxylic acids is 1. The van der Waals surface area contributed by atoms with Crippen LogP contribution >= 0.6 is 35.0 Å². The normalized spacial score (nSPS) is 10.7. The highest BCUT2D eigenvalue weighted by atomic mass is 35.5. The average Bonchev–Trinajstić information content (AvgIpc) is 2.82. The maximum Gasteiger partial charge on any atom is 0.225 e. The van der Waals surface area contributed by atoms with Gasteiger partial charge in [0.15, 0.2) is 0 Å². The van der Waals surface area contributed by atoms with Crippen molar-refractivity contribution in [3.05, 3.63) is 88.9 Å². The molecule has 0 atom stereocenters. The quantitative estimate of drug-likeness (QED) is 0.300. The molecule has 1 heterocycles. The number of thioether (sulfide) groups is 1. The lowest BCUT2D eigenvalue weighted by Gasteiger charge is -2.10. The predicted molar refractivity (Wildman–Crippen MR) is 131 cm³/mol. The monoisotopic (exact) mass is 480 g/mol. The molecule has 0 unspecified atom stereocenters. The standard InChI is InChI=1S/C24H18Cl2N4OS/c25-18-11-12-20(19(26)15-18)27-21(31)13-14-32-24-28-22(16-7-3-1-4-8-16)23(29-30-24)17-9-5-2-6-10-17/h1-12,15H,13-14H2,(H,27,31). The van der Waals surface area contributed by atoms with Gasteiger partial charge in [0.2, 0.25) is 11.1 Å². The Morgan fingerprint density at radius 2 is 1.50 bits per heavy atom.